The molecule has 0 fully saturated rings. The first-order valence-electron chi connectivity index (χ1n) is 5.04. The molecule has 76 valence electrons. The van der Waals surface area contributed by atoms with Gasteiger partial charge in [-0.05, 0) is 31.4 Å². The molecule has 13 heavy (non-hydrogen) atoms. The van der Waals surface area contributed by atoms with Gasteiger partial charge in [0.25, 0.3) is 0 Å². The SMILES string of the molecule is CCCNCC(O)C1=COCCC1. The summed E-state index contributed by atoms with van der Waals surface area (Å²) in [6.45, 7) is 4.51. The predicted molar refractivity (Wildman–Crippen MR) is 52.4 cm³/mol. The minimum atomic E-state index is -0.369. The molecule has 0 aromatic carbocycles. The van der Waals surface area contributed by atoms with E-state index in [0.29, 0.717) is 6.54 Å². The molecule has 0 saturated heterocycles. The van der Waals surface area contributed by atoms with Gasteiger partial charge < -0.3 is 15.2 Å². The lowest BCUT2D eigenvalue weighted by molar-refractivity contribution is 0.167. The number of nitrogens with one attached hydrogen (secondary N) is 1. The van der Waals surface area contributed by atoms with Gasteiger partial charge in [-0.1, -0.05) is 6.92 Å². The van der Waals surface area contributed by atoms with Gasteiger partial charge >= 0.3 is 0 Å². The van der Waals surface area contributed by atoms with Crippen LogP contribution in [0.1, 0.15) is 26.2 Å². The van der Waals surface area contributed by atoms with E-state index in [2.05, 4.69) is 12.2 Å². The van der Waals surface area contributed by atoms with Crippen LogP contribution in [0, 0.1) is 0 Å². The molecular weight excluding hydrogens is 166 g/mol. The van der Waals surface area contributed by atoms with Gasteiger partial charge in [-0.2, -0.15) is 0 Å². The standard InChI is InChI=1S/C10H19NO2/c1-2-5-11-7-10(12)9-4-3-6-13-8-9/h8,10-12H,2-7H2,1H3. The smallest absolute Gasteiger partial charge is 0.0906 e. The Morgan fingerprint density at radius 1 is 1.69 bits per heavy atom. The van der Waals surface area contributed by atoms with Gasteiger partial charge in [0.15, 0.2) is 0 Å². The highest BCUT2D eigenvalue weighted by Gasteiger charge is 2.13. The Kier molecular flexibility index (Phi) is 4.86. The van der Waals surface area contributed by atoms with Crippen LogP contribution >= 0.6 is 0 Å². The van der Waals surface area contributed by atoms with Gasteiger partial charge in [0.05, 0.1) is 19.0 Å². The first-order chi connectivity index (χ1) is 6.34. The molecule has 0 spiro atoms. The normalized spacial score (nSPS) is 19.1. The summed E-state index contributed by atoms with van der Waals surface area (Å²) in [5.74, 6) is 0. The summed E-state index contributed by atoms with van der Waals surface area (Å²) in [4.78, 5) is 0. The van der Waals surface area contributed by atoms with Crippen LogP contribution in [0.2, 0.25) is 0 Å². The molecule has 0 radical (unpaired) electrons. The van der Waals surface area contributed by atoms with Crippen molar-refractivity contribution in [3.63, 3.8) is 0 Å². The lowest BCUT2D eigenvalue weighted by Gasteiger charge is -2.19. The molecular formula is C10H19NO2. The van der Waals surface area contributed by atoms with Gasteiger partial charge in [0.1, 0.15) is 0 Å². The van der Waals surface area contributed by atoms with Crippen molar-refractivity contribution in [3.05, 3.63) is 11.8 Å². The third kappa shape index (κ3) is 3.79. The summed E-state index contributed by atoms with van der Waals surface area (Å²) >= 11 is 0. The zero-order valence-corrected chi connectivity index (χ0v) is 8.25. The molecule has 3 nitrogen and oxygen atoms in total. The van der Waals surface area contributed by atoms with E-state index in [9.17, 15) is 5.11 Å². The molecule has 1 unspecified atom stereocenters. The van der Waals surface area contributed by atoms with Crippen molar-refractivity contribution in [2.24, 2.45) is 0 Å². The zero-order valence-electron chi connectivity index (χ0n) is 8.25. The van der Waals surface area contributed by atoms with Gasteiger partial charge in [-0.3, -0.25) is 0 Å². The average Bonchev–Trinajstić information content (AvgIpc) is 2.19. The van der Waals surface area contributed by atoms with Crippen LogP contribution in [0.5, 0.6) is 0 Å². The molecule has 2 N–H and O–H groups in total. The first-order valence-corrected chi connectivity index (χ1v) is 5.04. The van der Waals surface area contributed by atoms with E-state index in [1.54, 1.807) is 6.26 Å². The number of hydrogen-bond donors (Lipinski definition) is 2. The van der Waals surface area contributed by atoms with E-state index >= 15 is 0 Å². The number of aliphatic hydroxyl groups excluding tert-OH is 1. The van der Waals surface area contributed by atoms with Crippen LogP contribution in [-0.4, -0.2) is 30.9 Å². The van der Waals surface area contributed by atoms with E-state index in [1.807, 2.05) is 0 Å². The highest BCUT2D eigenvalue weighted by atomic mass is 16.5. The maximum atomic E-state index is 9.69. The molecule has 1 atom stereocenters. The van der Waals surface area contributed by atoms with Gasteiger partial charge in [0.2, 0.25) is 0 Å². The van der Waals surface area contributed by atoms with Gasteiger partial charge in [0, 0.05) is 6.54 Å². The maximum absolute atomic E-state index is 9.69. The molecule has 0 saturated carbocycles. The fourth-order valence-corrected chi connectivity index (χ4v) is 1.38. The fraction of sp³-hybridized carbons (Fsp3) is 0.800. The number of hydrogen-bond acceptors (Lipinski definition) is 3. The second kappa shape index (κ2) is 6.00. The lowest BCUT2D eigenvalue weighted by Crippen LogP contribution is -2.29. The summed E-state index contributed by atoms with van der Waals surface area (Å²) < 4.78 is 5.16. The van der Waals surface area contributed by atoms with Crippen molar-refractivity contribution in [2.45, 2.75) is 32.3 Å². The zero-order chi connectivity index (χ0) is 9.52. The molecule has 1 aliphatic heterocycles. The Labute approximate surface area is 79.8 Å². The highest BCUT2D eigenvalue weighted by Crippen LogP contribution is 2.14. The summed E-state index contributed by atoms with van der Waals surface area (Å²) in [6, 6.07) is 0. The van der Waals surface area contributed by atoms with Crippen LogP contribution in [0.3, 0.4) is 0 Å². The van der Waals surface area contributed by atoms with E-state index in [1.165, 1.54) is 0 Å². The predicted octanol–water partition coefficient (Wildman–Crippen LogP) is 1.04. The molecule has 0 amide bonds. The molecule has 0 bridgehead atoms. The Morgan fingerprint density at radius 2 is 2.54 bits per heavy atom. The third-order valence-electron chi connectivity index (χ3n) is 2.15. The van der Waals surface area contributed by atoms with E-state index in [4.69, 9.17) is 4.74 Å². The molecule has 1 heterocycles. The fourth-order valence-electron chi connectivity index (χ4n) is 1.38. The van der Waals surface area contributed by atoms with Crippen molar-refractivity contribution in [1.82, 2.24) is 5.32 Å². The third-order valence-corrected chi connectivity index (χ3v) is 2.15. The van der Waals surface area contributed by atoms with Crippen LogP contribution in [0.15, 0.2) is 11.8 Å². The van der Waals surface area contributed by atoms with E-state index in [-0.39, 0.29) is 6.10 Å². The van der Waals surface area contributed by atoms with Crippen molar-refractivity contribution < 1.29 is 9.84 Å². The molecule has 0 aromatic rings. The molecule has 1 rings (SSSR count). The second-order valence-electron chi connectivity index (χ2n) is 3.39. The van der Waals surface area contributed by atoms with Crippen LogP contribution in [0.4, 0.5) is 0 Å². The molecule has 3 heteroatoms. The largest absolute Gasteiger partial charge is 0.501 e. The Morgan fingerprint density at radius 3 is 3.15 bits per heavy atom. The average molecular weight is 185 g/mol. The van der Waals surface area contributed by atoms with Crippen LogP contribution in [0.25, 0.3) is 0 Å². The summed E-state index contributed by atoms with van der Waals surface area (Å²) in [5, 5.41) is 12.9. The topological polar surface area (TPSA) is 41.5 Å². The maximum Gasteiger partial charge on any atom is 0.0906 e. The number of ether oxygens (including phenoxy) is 1. The Balaban J connectivity index is 2.21. The summed E-state index contributed by atoms with van der Waals surface area (Å²) in [7, 11) is 0. The quantitative estimate of drug-likeness (QED) is 0.629. The Hall–Kier alpha value is -0.540. The second-order valence-corrected chi connectivity index (χ2v) is 3.39. The van der Waals surface area contributed by atoms with Gasteiger partial charge in [-0.15, -0.1) is 0 Å². The van der Waals surface area contributed by atoms with Crippen molar-refractivity contribution in [2.75, 3.05) is 19.7 Å². The summed E-state index contributed by atoms with van der Waals surface area (Å²) in [6.07, 6.45) is 4.43. The minimum Gasteiger partial charge on any atom is -0.501 e. The molecule has 0 aliphatic carbocycles. The van der Waals surface area contributed by atoms with Crippen molar-refractivity contribution in [3.8, 4) is 0 Å². The minimum absolute atomic E-state index is 0.369. The van der Waals surface area contributed by atoms with Crippen LogP contribution < -0.4 is 5.32 Å². The van der Waals surface area contributed by atoms with Crippen molar-refractivity contribution in [1.29, 1.82) is 0 Å². The van der Waals surface area contributed by atoms with Crippen molar-refractivity contribution >= 4 is 0 Å². The molecule has 1 aliphatic rings. The number of aliphatic hydroxyl groups is 1. The Bertz CT molecular complexity index is 168. The van der Waals surface area contributed by atoms with Gasteiger partial charge in [-0.25, -0.2) is 0 Å². The first kappa shape index (κ1) is 10.5. The van der Waals surface area contributed by atoms with E-state index in [0.717, 1.165) is 38.0 Å². The molecule has 0 aromatic heterocycles. The number of rotatable bonds is 5. The lowest BCUT2D eigenvalue weighted by atomic mass is 10.0. The summed E-state index contributed by atoms with van der Waals surface area (Å²) in [5.41, 5.74) is 1.02. The monoisotopic (exact) mass is 185 g/mol. The van der Waals surface area contributed by atoms with E-state index < -0.39 is 0 Å². The van der Waals surface area contributed by atoms with Crippen LogP contribution in [-0.2, 0) is 4.74 Å². The highest BCUT2D eigenvalue weighted by molar-refractivity contribution is 5.07.